The number of aromatic nitrogens is 1. The minimum absolute atomic E-state index is 0.0375. The molecule has 5 nitrogen and oxygen atoms in total. The number of anilines is 1. The van der Waals surface area contributed by atoms with Gasteiger partial charge in [0.15, 0.2) is 17.4 Å². The van der Waals surface area contributed by atoms with Gasteiger partial charge in [-0.15, -0.1) is 13.2 Å². The minimum Gasteiger partial charge on any atom is -0.441 e. The van der Waals surface area contributed by atoms with Crippen molar-refractivity contribution in [3.05, 3.63) is 66.2 Å². The number of alkyl halides is 3. The van der Waals surface area contributed by atoms with E-state index in [1.165, 1.54) is 24.3 Å². The highest BCUT2D eigenvalue weighted by atomic mass is 19.4. The molecule has 0 atom stereocenters. The lowest BCUT2D eigenvalue weighted by molar-refractivity contribution is -0.274. The van der Waals surface area contributed by atoms with Crippen molar-refractivity contribution in [2.75, 3.05) is 5.32 Å². The maximum atomic E-state index is 13.8. The number of halogens is 5. The van der Waals surface area contributed by atoms with Crippen molar-refractivity contribution in [2.45, 2.75) is 19.2 Å². The molecule has 1 heterocycles. The Morgan fingerprint density at radius 2 is 1.76 bits per heavy atom. The van der Waals surface area contributed by atoms with E-state index in [0.717, 1.165) is 24.4 Å². The summed E-state index contributed by atoms with van der Waals surface area (Å²) in [5.74, 6) is -2.93. The first-order valence-electron chi connectivity index (χ1n) is 8.26. The summed E-state index contributed by atoms with van der Waals surface area (Å²) in [6.45, 7) is 0. The van der Waals surface area contributed by atoms with Crippen LogP contribution < -0.4 is 10.1 Å². The number of ether oxygens (including phenoxy) is 1. The van der Waals surface area contributed by atoms with Crippen LogP contribution in [0.15, 0.2) is 53.1 Å². The Morgan fingerprint density at radius 1 is 1.07 bits per heavy atom. The zero-order valence-electron chi connectivity index (χ0n) is 14.6. The molecule has 152 valence electrons. The summed E-state index contributed by atoms with van der Waals surface area (Å²) in [5.41, 5.74) is -0.537. The second kappa shape index (κ2) is 8.29. The molecule has 3 rings (SSSR count). The SMILES string of the molecule is O=C(CCc1ncc(-c2c(F)cccc2F)o1)Nc1ccccc1OC(F)(F)F. The third-order valence-electron chi connectivity index (χ3n) is 3.72. The van der Waals surface area contributed by atoms with Crippen LogP contribution in [0, 0.1) is 11.6 Å². The average molecular weight is 412 g/mol. The number of para-hydroxylation sites is 2. The van der Waals surface area contributed by atoms with Crippen molar-refractivity contribution in [3.63, 3.8) is 0 Å². The molecule has 0 saturated carbocycles. The Kier molecular flexibility index (Phi) is 5.81. The standard InChI is InChI=1S/C19H13F5N2O3/c20-11-4-3-5-12(21)18(11)15-10-25-17(28-15)9-8-16(27)26-13-6-1-2-7-14(13)29-19(22,23)24/h1-7,10H,8-9H2,(H,26,27). The van der Waals surface area contributed by atoms with E-state index >= 15 is 0 Å². The Hall–Kier alpha value is -3.43. The lowest BCUT2D eigenvalue weighted by atomic mass is 10.1. The number of benzene rings is 2. The molecular formula is C19H13F5N2O3. The highest BCUT2D eigenvalue weighted by molar-refractivity contribution is 5.92. The van der Waals surface area contributed by atoms with E-state index in [9.17, 15) is 26.7 Å². The van der Waals surface area contributed by atoms with Crippen LogP contribution in [0.3, 0.4) is 0 Å². The molecule has 1 amide bonds. The lowest BCUT2D eigenvalue weighted by Crippen LogP contribution is -2.19. The Morgan fingerprint density at radius 3 is 2.45 bits per heavy atom. The van der Waals surface area contributed by atoms with Gasteiger partial charge in [0.1, 0.15) is 11.6 Å². The zero-order chi connectivity index (χ0) is 21.0. The molecular weight excluding hydrogens is 399 g/mol. The molecule has 29 heavy (non-hydrogen) atoms. The molecule has 0 spiro atoms. The molecule has 0 unspecified atom stereocenters. The van der Waals surface area contributed by atoms with Gasteiger partial charge in [0.05, 0.1) is 17.4 Å². The second-order valence-electron chi connectivity index (χ2n) is 5.81. The van der Waals surface area contributed by atoms with Gasteiger partial charge in [0.2, 0.25) is 5.91 Å². The van der Waals surface area contributed by atoms with Crippen LogP contribution in [0.1, 0.15) is 12.3 Å². The first-order valence-corrected chi connectivity index (χ1v) is 8.26. The predicted molar refractivity (Wildman–Crippen MR) is 91.9 cm³/mol. The van der Waals surface area contributed by atoms with Crippen LogP contribution in [0.4, 0.5) is 27.6 Å². The minimum atomic E-state index is -4.91. The maximum absolute atomic E-state index is 13.8. The van der Waals surface area contributed by atoms with Gasteiger partial charge in [-0.05, 0) is 24.3 Å². The van der Waals surface area contributed by atoms with Crippen molar-refractivity contribution < 1.29 is 35.9 Å². The molecule has 0 fully saturated rings. The number of nitrogens with one attached hydrogen (secondary N) is 1. The van der Waals surface area contributed by atoms with Crippen molar-refractivity contribution >= 4 is 11.6 Å². The summed E-state index contributed by atoms with van der Waals surface area (Å²) in [5, 5.41) is 2.31. The monoisotopic (exact) mass is 412 g/mol. The highest BCUT2D eigenvalue weighted by Crippen LogP contribution is 2.30. The number of rotatable bonds is 6. The average Bonchev–Trinajstić information content (AvgIpc) is 3.09. The van der Waals surface area contributed by atoms with Crippen molar-refractivity contribution in [2.24, 2.45) is 0 Å². The summed E-state index contributed by atoms with van der Waals surface area (Å²) >= 11 is 0. The smallest absolute Gasteiger partial charge is 0.441 e. The number of hydrogen-bond acceptors (Lipinski definition) is 4. The summed E-state index contributed by atoms with van der Waals surface area (Å²) in [6.07, 6.45) is -4.01. The van der Waals surface area contributed by atoms with Gasteiger partial charge < -0.3 is 14.5 Å². The molecule has 0 aliphatic carbocycles. The number of hydrogen-bond donors (Lipinski definition) is 1. The topological polar surface area (TPSA) is 64.4 Å². The second-order valence-corrected chi connectivity index (χ2v) is 5.81. The Labute approximate surface area is 161 Å². The van der Waals surface area contributed by atoms with Gasteiger partial charge in [-0.1, -0.05) is 18.2 Å². The van der Waals surface area contributed by atoms with Crippen LogP contribution >= 0.6 is 0 Å². The van der Waals surface area contributed by atoms with Gasteiger partial charge >= 0.3 is 6.36 Å². The third-order valence-corrected chi connectivity index (χ3v) is 3.72. The number of carbonyl (C=O) groups excluding carboxylic acids is 1. The Bertz CT molecular complexity index is 997. The Balaban J connectivity index is 1.64. The molecule has 10 heteroatoms. The van der Waals surface area contributed by atoms with E-state index in [0.29, 0.717) is 0 Å². The predicted octanol–water partition coefficient (Wildman–Crippen LogP) is 5.09. The molecule has 0 saturated heterocycles. The van der Waals surface area contributed by atoms with Crippen molar-refractivity contribution in [3.8, 4) is 17.1 Å². The largest absolute Gasteiger partial charge is 0.573 e. The van der Waals surface area contributed by atoms with Gasteiger partial charge in [-0.3, -0.25) is 4.79 Å². The van der Waals surface area contributed by atoms with Gasteiger partial charge in [0.25, 0.3) is 0 Å². The number of nitrogens with zero attached hydrogens (tertiary/aromatic N) is 1. The van der Waals surface area contributed by atoms with Crippen LogP contribution in [0.5, 0.6) is 5.75 Å². The number of oxazole rings is 1. The molecule has 0 aliphatic heterocycles. The van der Waals surface area contributed by atoms with Crippen LogP contribution in [0.25, 0.3) is 11.3 Å². The van der Waals surface area contributed by atoms with Gasteiger partial charge in [-0.25, -0.2) is 13.8 Å². The summed E-state index contributed by atoms with van der Waals surface area (Å²) in [7, 11) is 0. The lowest BCUT2D eigenvalue weighted by Gasteiger charge is -2.13. The molecule has 2 aromatic carbocycles. The number of aryl methyl sites for hydroxylation is 1. The molecule has 1 N–H and O–H groups in total. The molecule has 1 aromatic heterocycles. The fourth-order valence-corrected chi connectivity index (χ4v) is 2.49. The fourth-order valence-electron chi connectivity index (χ4n) is 2.49. The van der Waals surface area contributed by atoms with E-state index in [2.05, 4.69) is 15.0 Å². The zero-order valence-corrected chi connectivity index (χ0v) is 14.6. The van der Waals surface area contributed by atoms with Crippen LogP contribution in [0.2, 0.25) is 0 Å². The van der Waals surface area contributed by atoms with Gasteiger partial charge in [-0.2, -0.15) is 0 Å². The van der Waals surface area contributed by atoms with E-state index in [-0.39, 0.29) is 35.7 Å². The molecule has 0 radical (unpaired) electrons. The molecule has 0 aliphatic rings. The number of carbonyl (C=O) groups is 1. The molecule has 0 bridgehead atoms. The summed E-state index contributed by atoms with van der Waals surface area (Å²) in [6, 6.07) is 8.41. The number of amides is 1. The summed E-state index contributed by atoms with van der Waals surface area (Å²) < 4.78 is 73.9. The van der Waals surface area contributed by atoms with Crippen molar-refractivity contribution in [1.29, 1.82) is 0 Å². The normalized spacial score (nSPS) is 11.3. The van der Waals surface area contributed by atoms with E-state index in [4.69, 9.17) is 4.42 Å². The van der Waals surface area contributed by atoms with E-state index < -0.39 is 29.7 Å². The quantitative estimate of drug-likeness (QED) is 0.573. The van der Waals surface area contributed by atoms with Crippen molar-refractivity contribution in [1.82, 2.24) is 4.98 Å². The molecule has 3 aromatic rings. The first kappa shape index (κ1) is 20.3. The van der Waals surface area contributed by atoms with Gasteiger partial charge in [0, 0.05) is 12.8 Å². The highest BCUT2D eigenvalue weighted by Gasteiger charge is 2.32. The van der Waals surface area contributed by atoms with E-state index in [1.54, 1.807) is 0 Å². The van der Waals surface area contributed by atoms with Crippen LogP contribution in [-0.2, 0) is 11.2 Å². The first-order chi connectivity index (χ1) is 13.7. The van der Waals surface area contributed by atoms with E-state index in [1.807, 2.05) is 0 Å². The summed E-state index contributed by atoms with van der Waals surface area (Å²) in [4.78, 5) is 15.9. The van der Waals surface area contributed by atoms with Crippen LogP contribution in [-0.4, -0.2) is 17.3 Å². The fraction of sp³-hybridized carbons (Fsp3) is 0.158. The third kappa shape index (κ3) is 5.31. The maximum Gasteiger partial charge on any atom is 0.573 e.